The number of nitrogens with zero attached hydrogens (tertiary/aromatic N) is 3. The first-order valence-electron chi connectivity index (χ1n) is 6.80. The minimum atomic E-state index is 0.0875. The molecule has 4 heteroatoms. The first-order chi connectivity index (χ1) is 9.88. The number of carbonyl (C=O) groups excluding carboxylic acids is 1. The van der Waals surface area contributed by atoms with Crippen LogP contribution in [0, 0.1) is 0 Å². The third-order valence-electron chi connectivity index (χ3n) is 3.71. The van der Waals surface area contributed by atoms with Crippen LogP contribution in [0.25, 0.3) is 0 Å². The van der Waals surface area contributed by atoms with Gasteiger partial charge < -0.3 is 9.80 Å². The number of aromatic nitrogens is 1. The highest BCUT2D eigenvalue weighted by atomic mass is 16.1. The van der Waals surface area contributed by atoms with Crippen molar-refractivity contribution >= 4 is 12.2 Å². The molecule has 2 heterocycles. The van der Waals surface area contributed by atoms with Crippen LogP contribution >= 0.6 is 0 Å². The zero-order chi connectivity index (χ0) is 13.8. The van der Waals surface area contributed by atoms with Crippen molar-refractivity contribution in [2.75, 3.05) is 24.5 Å². The van der Waals surface area contributed by atoms with Gasteiger partial charge in [0.2, 0.25) is 6.41 Å². The smallest absolute Gasteiger partial charge is 0.210 e. The number of benzene rings is 1. The summed E-state index contributed by atoms with van der Waals surface area (Å²) < 4.78 is 0. The summed E-state index contributed by atoms with van der Waals surface area (Å²) >= 11 is 0. The Kier molecular flexibility index (Phi) is 3.63. The fourth-order valence-electron chi connectivity index (χ4n) is 2.64. The molecule has 0 spiro atoms. The second kappa shape index (κ2) is 5.74. The molecule has 1 amide bonds. The molecule has 1 aliphatic heterocycles. The largest absolute Gasteiger partial charge is 0.352 e. The molecule has 1 aromatic carbocycles. The summed E-state index contributed by atoms with van der Waals surface area (Å²) in [7, 11) is 0. The van der Waals surface area contributed by atoms with Crippen molar-refractivity contribution in [3.05, 3.63) is 60.3 Å². The molecule has 20 heavy (non-hydrogen) atoms. The lowest BCUT2D eigenvalue weighted by molar-refractivity contribution is -0.120. The summed E-state index contributed by atoms with van der Waals surface area (Å²) in [4.78, 5) is 19.8. The monoisotopic (exact) mass is 267 g/mol. The van der Waals surface area contributed by atoms with Gasteiger partial charge in [-0.2, -0.15) is 0 Å². The lowest BCUT2D eigenvalue weighted by Gasteiger charge is -2.40. The van der Waals surface area contributed by atoms with Gasteiger partial charge in [0, 0.05) is 25.8 Å². The van der Waals surface area contributed by atoms with Crippen molar-refractivity contribution < 1.29 is 4.79 Å². The molecule has 0 aliphatic carbocycles. The van der Waals surface area contributed by atoms with Gasteiger partial charge in [-0.15, -0.1) is 0 Å². The average molecular weight is 267 g/mol. The summed E-state index contributed by atoms with van der Waals surface area (Å²) in [5.74, 6) is 0.971. The zero-order valence-corrected chi connectivity index (χ0v) is 11.2. The number of amides is 1. The quantitative estimate of drug-likeness (QED) is 0.799. The van der Waals surface area contributed by atoms with Gasteiger partial charge in [0.1, 0.15) is 5.82 Å². The van der Waals surface area contributed by atoms with Crippen molar-refractivity contribution in [2.45, 2.75) is 6.04 Å². The molecule has 1 aliphatic rings. The van der Waals surface area contributed by atoms with Crippen LogP contribution in [0.4, 0.5) is 5.82 Å². The molecule has 0 radical (unpaired) electrons. The third kappa shape index (κ3) is 2.50. The van der Waals surface area contributed by atoms with E-state index in [1.165, 1.54) is 5.56 Å². The summed E-state index contributed by atoms with van der Waals surface area (Å²) in [6.45, 7) is 2.32. The fourth-order valence-corrected chi connectivity index (χ4v) is 2.64. The predicted octanol–water partition coefficient (Wildman–Crippen LogP) is 2.10. The van der Waals surface area contributed by atoms with E-state index in [1.54, 1.807) is 6.20 Å². The molecule has 0 bridgehead atoms. The van der Waals surface area contributed by atoms with Gasteiger partial charge in [-0.05, 0) is 17.7 Å². The summed E-state index contributed by atoms with van der Waals surface area (Å²) in [5, 5.41) is 0. The minimum Gasteiger partial charge on any atom is -0.352 e. The first-order valence-corrected chi connectivity index (χ1v) is 6.80. The second-order valence-electron chi connectivity index (χ2n) is 4.90. The van der Waals surface area contributed by atoms with Gasteiger partial charge in [-0.3, -0.25) is 4.79 Å². The van der Waals surface area contributed by atoms with Crippen molar-refractivity contribution in [1.82, 2.24) is 9.88 Å². The molecule has 1 saturated heterocycles. The number of anilines is 1. The standard InChI is InChI=1S/C16H17N3O/c20-13-19-11-10-18(16-8-4-5-9-17-16)12-15(19)14-6-2-1-3-7-14/h1-9,13,15H,10-12H2/t15-/m1/s1. The number of piperazine rings is 1. The van der Waals surface area contributed by atoms with Crippen LogP contribution in [-0.4, -0.2) is 35.9 Å². The van der Waals surface area contributed by atoms with Crippen LogP contribution in [0.3, 0.4) is 0 Å². The Morgan fingerprint density at radius 2 is 1.85 bits per heavy atom. The molecular weight excluding hydrogens is 250 g/mol. The minimum absolute atomic E-state index is 0.0875. The van der Waals surface area contributed by atoms with E-state index < -0.39 is 0 Å². The summed E-state index contributed by atoms with van der Waals surface area (Å²) in [5.41, 5.74) is 1.17. The van der Waals surface area contributed by atoms with Crippen molar-refractivity contribution in [2.24, 2.45) is 0 Å². The van der Waals surface area contributed by atoms with Crippen LogP contribution in [0.5, 0.6) is 0 Å². The SMILES string of the molecule is O=CN1CCN(c2ccccn2)C[C@@H]1c1ccccc1. The van der Waals surface area contributed by atoms with Crippen molar-refractivity contribution in [3.8, 4) is 0 Å². The molecule has 3 rings (SSSR count). The van der Waals surface area contributed by atoms with E-state index in [0.717, 1.165) is 31.9 Å². The van der Waals surface area contributed by atoms with Crippen LogP contribution in [-0.2, 0) is 4.79 Å². The van der Waals surface area contributed by atoms with E-state index in [1.807, 2.05) is 41.3 Å². The Balaban J connectivity index is 1.85. The Hall–Kier alpha value is -2.36. The molecule has 2 aromatic rings. The lowest BCUT2D eigenvalue weighted by atomic mass is 10.0. The molecule has 1 atom stereocenters. The molecule has 1 fully saturated rings. The summed E-state index contributed by atoms with van der Waals surface area (Å²) in [6, 6.07) is 16.2. The van der Waals surface area contributed by atoms with Crippen LogP contribution in [0.15, 0.2) is 54.7 Å². The number of hydrogen-bond donors (Lipinski definition) is 0. The molecule has 0 N–H and O–H groups in total. The van der Waals surface area contributed by atoms with Crippen LogP contribution in [0.2, 0.25) is 0 Å². The topological polar surface area (TPSA) is 36.4 Å². The maximum atomic E-state index is 11.3. The molecular formula is C16H17N3O. The Labute approximate surface area is 118 Å². The van der Waals surface area contributed by atoms with Crippen LogP contribution in [0.1, 0.15) is 11.6 Å². The number of rotatable bonds is 3. The normalized spacial score (nSPS) is 18.9. The Bertz CT molecular complexity index is 558. The van der Waals surface area contributed by atoms with Gasteiger partial charge in [0.25, 0.3) is 0 Å². The van der Waals surface area contributed by atoms with Gasteiger partial charge >= 0.3 is 0 Å². The highest BCUT2D eigenvalue weighted by Gasteiger charge is 2.27. The van der Waals surface area contributed by atoms with Crippen molar-refractivity contribution in [1.29, 1.82) is 0 Å². The summed E-state index contributed by atoms with van der Waals surface area (Å²) in [6.07, 6.45) is 2.76. The number of pyridine rings is 1. The van der Waals surface area contributed by atoms with E-state index in [-0.39, 0.29) is 6.04 Å². The Morgan fingerprint density at radius 1 is 1.05 bits per heavy atom. The molecule has 102 valence electrons. The first kappa shape index (κ1) is 12.7. The van der Waals surface area contributed by atoms with E-state index in [9.17, 15) is 4.79 Å². The van der Waals surface area contributed by atoms with Gasteiger partial charge in [-0.25, -0.2) is 4.98 Å². The fraction of sp³-hybridized carbons (Fsp3) is 0.250. The van der Waals surface area contributed by atoms with Gasteiger partial charge in [-0.1, -0.05) is 36.4 Å². The highest BCUT2D eigenvalue weighted by molar-refractivity contribution is 5.51. The molecule has 1 aromatic heterocycles. The predicted molar refractivity (Wildman–Crippen MR) is 78.4 cm³/mol. The maximum Gasteiger partial charge on any atom is 0.210 e. The van der Waals surface area contributed by atoms with Crippen LogP contribution < -0.4 is 4.90 Å². The second-order valence-corrected chi connectivity index (χ2v) is 4.90. The molecule has 0 saturated carbocycles. The van der Waals surface area contributed by atoms with E-state index in [2.05, 4.69) is 22.0 Å². The van der Waals surface area contributed by atoms with Gasteiger partial charge in [0.15, 0.2) is 0 Å². The Morgan fingerprint density at radius 3 is 2.55 bits per heavy atom. The third-order valence-corrected chi connectivity index (χ3v) is 3.71. The zero-order valence-electron chi connectivity index (χ0n) is 11.2. The molecule has 4 nitrogen and oxygen atoms in total. The van der Waals surface area contributed by atoms with E-state index >= 15 is 0 Å². The van der Waals surface area contributed by atoms with E-state index in [4.69, 9.17) is 0 Å². The van der Waals surface area contributed by atoms with Crippen molar-refractivity contribution in [3.63, 3.8) is 0 Å². The number of carbonyl (C=O) groups is 1. The molecule has 0 unspecified atom stereocenters. The van der Waals surface area contributed by atoms with E-state index in [0.29, 0.717) is 0 Å². The lowest BCUT2D eigenvalue weighted by Crippen LogP contribution is -2.48. The maximum absolute atomic E-state index is 11.3. The number of hydrogen-bond acceptors (Lipinski definition) is 3. The average Bonchev–Trinajstić information content (AvgIpc) is 2.56. The highest BCUT2D eigenvalue weighted by Crippen LogP contribution is 2.26. The van der Waals surface area contributed by atoms with Gasteiger partial charge in [0.05, 0.1) is 6.04 Å².